The molecule has 2 aliphatic rings. The number of ether oxygens (including phenoxy) is 3. The number of hydrogen-bond donors (Lipinski definition) is 0. The minimum absolute atomic E-state index is 0. The van der Waals surface area contributed by atoms with Gasteiger partial charge in [0.25, 0.3) is 0 Å². The number of halogens is 3. The van der Waals surface area contributed by atoms with E-state index >= 15 is 0 Å². The molecule has 0 saturated carbocycles. The highest BCUT2D eigenvalue weighted by atomic mass is 35.5. The predicted octanol–water partition coefficient (Wildman–Crippen LogP) is 4.83. The van der Waals surface area contributed by atoms with Gasteiger partial charge < -0.3 is 24.0 Å². The van der Waals surface area contributed by atoms with Crippen molar-refractivity contribution in [2.75, 3.05) is 53.7 Å². The summed E-state index contributed by atoms with van der Waals surface area (Å²) in [7, 11) is 4.23. The van der Waals surface area contributed by atoms with E-state index in [1.54, 1.807) is 12.1 Å². The SMILES string of the molecule is CN(C)CCCN1CC[C@@H](c2ccc(F)cc2)[C@H](COc2ccc3c(c2)OCO3)C1.Cl.Cl. The maximum absolute atomic E-state index is 13.4. The van der Waals surface area contributed by atoms with Gasteiger partial charge >= 0.3 is 0 Å². The third kappa shape index (κ3) is 6.88. The molecule has 4 rings (SSSR count). The highest BCUT2D eigenvalue weighted by molar-refractivity contribution is 5.85. The Balaban J connectivity index is 0.00000181. The molecule has 0 spiro atoms. The first-order valence-electron chi connectivity index (χ1n) is 10.7. The highest BCUT2D eigenvalue weighted by Crippen LogP contribution is 2.37. The third-order valence-electron chi connectivity index (χ3n) is 6.00. The van der Waals surface area contributed by atoms with E-state index in [1.165, 1.54) is 5.56 Å². The lowest BCUT2D eigenvalue weighted by Crippen LogP contribution is -2.42. The van der Waals surface area contributed by atoms with Gasteiger partial charge in [-0.3, -0.25) is 0 Å². The Morgan fingerprint density at radius 1 is 1.06 bits per heavy atom. The summed E-state index contributed by atoms with van der Waals surface area (Å²) in [6.45, 7) is 5.11. The summed E-state index contributed by atoms with van der Waals surface area (Å²) in [5.41, 5.74) is 1.20. The maximum atomic E-state index is 13.4. The van der Waals surface area contributed by atoms with Crippen LogP contribution < -0.4 is 14.2 Å². The van der Waals surface area contributed by atoms with Gasteiger partial charge in [-0.2, -0.15) is 0 Å². The second-order valence-electron chi connectivity index (χ2n) is 8.49. The van der Waals surface area contributed by atoms with Gasteiger partial charge in [0, 0.05) is 18.5 Å². The van der Waals surface area contributed by atoms with E-state index < -0.39 is 0 Å². The molecule has 2 aliphatic heterocycles. The summed E-state index contributed by atoms with van der Waals surface area (Å²) in [6.07, 6.45) is 2.21. The summed E-state index contributed by atoms with van der Waals surface area (Å²) in [4.78, 5) is 4.77. The molecule has 2 heterocycles. The monoisotopic (exact) mass is 486 g/mol. The lowest BCUT2D eigenvalue weighted by Gasteiger charge is -2.39. The lowest BCUT2D eigenvalue weighted by atomic mass is 9.80. The van der Waals surface area contributed by atoms with Crippen LogP contribution in [0.25, 0.3) is 0 Å². The summed E-state index contributed by atoms with van der Waals surface area (Å²) in [5.74, 6) is 2.81. The van der Waals surface area contributed by atoms with Crippen molar-refractivity contribution in [1.82, 2.24) is 9.80 Å². The average Bonchev–Trinajstić information content (AvgIpc) is 3.21. The standard InChI is InChI=1S/C24H31FN2O3.2ClH/c1-26(2)11-3-12-27-13-10-22(18-4-6-20(25)7-5-18)19(15-27)16-28-21-8-9-23-24(14-21)30-17-29-23;;/h4-9,14,19,22H,3,10-13,15-17H2,1-2H3;2*1H/t19-,22-;;/m0../s1. The molecule has 0 bridgehead atoms. The second-order valence-corrected chi connectivity index (χ2v) is 8.49. The quantitative estimate of drug-likeness (QED) is 0.533. The number of hydrogen-bond acceptors (Lipinski definition) is 5. The first kappa shape index (κ1) is 26.5. The van der Waals surface area contributed by atoms with E-state index in [0.717, 1.165) is 56.3 Å². The van der Waals surface area contributed by atoms with Gasteiger partial charge in [-0.05, 0) is 82.3 Å². The van der Waals surface area contributed by atoms with Gasteiger partial charge in [0.05, 0.1) is 6.61 Å². The van der Waals surface area contributed by atoms with Crippen LogP contribution in [0, 0.1) is 11.7 Å². The Morgan fingerprint density at radius 2 is 1.81 bits per heavy atom. The van der Waals surface area contributed by atoms with Gasteiger partial charge in [-0.25, -0.2) is 4.39 Å². The topological polar surface area (TPSA) is 34.2 Å². The van der Waals surface area contributed by atoms with Crippen molar-refractivity contribution in [3.05, 3.63) is 53.8 Å². The maximum Gasteiger partial charge on any atom is 0.231 e. The van der Waals surface area contributed by atoms with Crippen LogP contribution in [0.4, 0.5) is 4.39 Å². The number of nitrogens with zero attached hydrogens (tertiary/aromatic N) is 2. The van der Waals surface area contributed by atoms with Crippen molar-refractivity contribution in [3.63, 3.8) is 0 Å². The van der Waals surface area contributed by atoms with Crippen LogP contribution in [-0.4, -0.2) is 63.5 Å². The second kappa shape index (κ2) is 12.5. The molecule has 0 radical (unpaired) electrons. The number of piperidine rings is 1. The Labute approximate surface area is 202 Å². The zero-order valence-electron chi connectivity index (χ0n) is 18.7. The molecule has 2 aromatic carbocycles. The van der Waals surface area contributed by atoms with Crippen LogP contribution in [0.2, 0.25) is 0 Å². The van der Waals surface area contributed by atoms with Crippen molar-refractivity contribution in [2.45, 2.75) is 18.8 Å². The molecule has 5 nitrogen and oxygen atoms in total. The van der Waals surface area contributed by atoms with Gasteiger partial charge in [0.2, 0.25) is 6.79 Å². The van der Waals surface area contributed by atoms with E-state index in [1.807, 2.05) is 30.3 Å². The van der Waals surface area contributed by atoms with Crippen molar-refractivity contribution >= 4 is 24.8 Å². The average molecular weight is 487 g/mol. The minimum Gasteiger partial charge on any atom is -0.493 e. The third-order valence-corrected chi connectivity index (χ3v) is 6.00. The molecular formula is C24H33Cl2FN2O3. The fraction of sp³-hybridized carbons (Fsp3) is 0.500. The van der Waals surface area contributed by atoms with Crippen molar-refractivity contribution in [1.29, 1.82) is 0 Å². The molecule has 32 heavy (non-hydrogen) atoms. The fourth-order valence-electron chi connectivity index (χ4n) is 4.41. The van der Waals surface area contributed by atoms with Crippen LogP contribution in [-0.2, 0) is 0 Å². The Kier molecular flexibility index (Phi) is 10.4. The van der Waals surface area contributed by atoms with Crippen LogP contribution in [0.1, 0.15) is 24.3 Å². The van der Waals surface area contributed by atoms with Crippen molar-refractivity contribution in [3.8, 4) is 17.2 Å². The molecule has 1 fully saturated rings. The van der Waals surface area contributed by atoms with E-state index in [9.17, 15) is 4.39 Å². The molecule has 0 unspecified atom stereocenters. The Hall–Kier alpha value is -1.73. The molecule has 2 atom stereocenters. The highest BCUT2D eigenvalue weighted by Gasteiger charge is 2.31. The molecule has 2 aromatic rings. The van der Waals surface area contributed by atoms with Gasteiger partial charge in [-0.1, -0.05) is 12.1 Å². The minimum atomic E-state index is -0.187. The molecular weight excluding hydrogens is 454 g/mol. The summed E-state index contributed by atoms with van der Waals surface area (Å²) in [5, 5.41) is 0. The van der Waals surface area contributed by atoms with Crippen LogP contribution in [0.5, 0.6) is 17.2 Å². The fourth-order valence-corrected chi connectivity index (χ4v) is 4.41. The van der Waals surface area contributed by atoms with E-state index in [0.29, 0.717) is 18.4 Å². The number of rotatable bonds is 8. The summed E-state index contributed by atoms with van der Waals surface area (Å²) < 4.78 is 30.5. The number of benzene rings is 2. The first-order chi connectivity index (χ1) is 14.6. The van der Waals surface area contributed by atoms with Crippen molar-refractivity contribution < 1.29 is 18.6 Å². The zero-order chi connectivity index (χ0) is 20.9. The molecule has 0 amide bonds. The predicted molar refractivity (Wildman–Crippen MR) is 129 cm³/mol. The summed E-state index contributed by atoms with van der Waals surface area (Å²) >= 11 is 0. The van der Waals surface area contributed by atoms with Gasteiger partial charge in [0.1, 0.15) is 11.6 Å². The lowest BCUT2D eigenvalue weighted by molar-refractivity contribution is 0.108. The molecule has 178 valence electrons. The molecule has 0 aromatic heterocycles. The number of fused-ring (bicyclic) bond motifs is 1. The molecule has 0 N–H and O–H groups in total. The van der Waals surface area contributed by atoms with Gasteiger partial charge in [0.15, 0.2) is 11.5 Å². The van der Waals surface area contributed by atoms with Crippen LogP contribution in [0.15, 0.2) is 42.5 Å². The molecule has 1 saturated heterocycles. The largest absolute Gasteiger partial charge is 0.493 e. The van der Waals surface area contributed by atoms with Crippen LogP contribution in [0.3, 0.4) is 0 Å². The Bertz CT molecular complexity index is 838. The van der Waals surface area contributed by atoms with Gasteiger partial charge in [-0.15, -0.1) is 24.8 Å². The van der Waals surface area contributed by atoms with E-state index in [2.05, 4.69) is 23.9 Å². The zero-order valence-corrected chi connectivity index (χ0v) is 20.3. The summed E-state index contributed by atoms with van der Waals surface area (Å²) in [6, 6.07) is 12.7. The smallest absolute Gasteiger partial charge is 0.231 e. The first-order valence-corrected chi connectivity index (χ1v) is 10.7. The van der Waals surface area contributed by atoms with E-state index in [-0.39, 0.29) is 37.4 Å². The normalized spacial score (nSPS) is 19.9. The Morgan fingerprint density at radius 3 is 2.56 bits per heavy atom. The molecule has 0 aliphatic carbocycles. The van der Waals surface area contributed by atoms with Crippen LogP contribution >= 0.6 is 24.8 Å². The van der Waals surface area contributed by atoms with Crippen molar-refractivity contribution in [2.24, 2.45) is 5.92 Å². The molecule has 8 heteroatoms. The van der Waals surface area contributed by atoms with E-state index in [4.69, 9.17) is 14.2 Å². The number of likely N-dealkylation sites (tertiary alicyclic amines) is 1.